The number of alkyl halides is 1. The smallest absolute Gasteiger partial charge is 0.0476 e. The fourth-order valence-electron chi connectivity index (χ4n) is 2.08. The molecule has 0 radical (unpaired) electrons. The monoisotopic (exact) mass is 224 g/mol. The second-order valence-corrected chi connectivity index (χ2v) is 5.12. The summed E-state index contributed by atoms with van der Waals surface area (Å²) in [4.78, 5) is 0. The molecular formula is C14H21Cl. The fourth-order valence-corrected chi connectivity index (χ4v) is 2.31. The van der Waals surface area contributed by atoms with Gasteiger partial charge in [0.2, 0.25) is 0 Å². The summed E-state index contributed by atoms with van der Waals surface area (Å²) in [5, 5.41) is 0. The van der Waals surface area contributed by atoms with Crippen molar-refractivity contribution in [3.05, 3.63) is 34.4 Å². The molecule has 0 heterocycles. The molecule has 1 aromatic carbocycles. The van der Waals surface area contributed by atoms with Crippen LogP contribution >= 0.6 is 11.6 Å². The number of rotatable bonds is 3. The fraction of sp³-hybridized carbons (Fsp3) is 0.571. The predicted octanol–water partition coefficient (Wildman–Crippen LogP) is 4.98. The Labute approximate surface area is 98.7 Å². The van der Waals surface area contributed by atoms with E-state index in [4.69, 9.17) is 11.6 Å². The highest BCUT2D eigenvalue weighted by Crippen LogP contribution is 2.28. The highest BCUT2D eigenvalue weighted by Gasteiger charge is 2.11. The summed E-state index contributed by atoms with van der Waals surface area (Å²) < 4.78 is 0. The quantitative estimate of drug-likeness (QED) is 0.636. The molecule has 0 spiro atoms. The average Bonchev–Trinajstić information content (AvgIpc) is 2.16. The summed E-state index contributed by atoms with van der Waals surface area (Å²) in [5.74, 6) is 1.76. The van der Waals surface area contributed by atoms with Crippen LogP contribution in [0.4, 0.5) is 0 Å². The third kappa shape index (κ3) is 2.75. The summed E-state index contributed by atoms with van der Waals surface area (Å²) >= 11 is 5.98. The Hall–Kier alpha value is -0.490. The lowest BCUT2D eigenvalue weighted by molar-refractivity contribution is 0.818. The van der Waals surface area contributed by atoms with E-state index in [1.54, 1.807) is 0 Å². The SMILES string of the molecule is Cc1cc(CCl)c(C(C)C)cc1C(C)C. The van der Waals surface area contributed by atoms with Gasteiger partial charge < -0.3 is 0 Å². The van der Waals surface area contributed by atoms with Crippen LogP contribution in [0, 0.1) is 6.92 Å². The van der Waals surface area contributed by atoms with Crippen molar-refractivity contribution in [2.24, 2.45) is 0 Å². The third-order valence-electron chi connectivity index (χ3n) is 2.92. The second-order valence-electron chi connectivity index (χ2n) is 4.85. The van der Waals surface area contributed by atoms with Gasteiger partial charge in [0.15, 0.2) is 0 Å². The minimum absolute atomic E-state index is 0.553. The lowest BCUT2D eigenvalue weighted by atomic mass is 9.89. The Kier molecular flexibility index (Phi) is 4.21. The van der Waals surface area contributed by atoms with Gasteiger partial charge in [-0.2, -0.15) is 0 Å². The number of halogens is 1. The molecule has 0 aliphatic carbocycles. The third-order valence-corrected chi connectivity index (χ3v) is 3.20. The molecule has 1 heteroatoms. The van der Waals surface area contributed by atoms with Crippen LogP contribution in [0.2, 0.25) is 0 Å². The summed E-state index contributed by atoms with van der Waals surface area (Å²) in [6.45, 7) is 11.1. The molecule has 1 rings (SSSR count). The Balaban J connectivity index is 3.30. The van der Waals surface area contributed by atoms with Crippen molar-refractivity contribution in [1.29, 1.82) is 0 Å². The first kappa shape index (κ1) is 12.6. The van der Waals surface area contributed by atoms with Crippen molar-refractivity contribution >= 4 is 11.6 Å². The molecule has 84 valence electrons. The summed E-state index contributed by atoms with van der Waals surface area (Å²) in [5.41, 5.74) is 5.51. The molecule has 15 heavy (non-hydrogen) atoms. The molecule has 0 fully saturated rings. The van der Waals surface area contributed by atoms with E-state index in [2.05, 4.69) is 46.8 Å². The van der Waals surface area contributed by atoms with Crippen molar-refractivity contribution in [3.63, 3.8) is 0 Å². The van der Waals surface area contributed by atoms with Gasteiger partial charge in [-0.15, -0.1) is 11.6 Å². The Morgan fingerprint density at radius 3 is 1.93 bits per heavy atom. The highest BCUT2D eigenvalue weighted by atomic mass is 35.5. The van der Waals surface area contributed by atoms with Crippen LogP contribution in [0.1, 0.15) is 61.8 Å². The van der Waals surface area contributed by atoms with Gasteiger partial charge in [-0.3, -0.25) is 0 Å². The number of benzene rings is 1. The van der Waals surface area contributed by atoms with E-state index in [0.29, 0.717) is 17.7 Å². The van der Waals surface area contributed by atoms with Crippen LogP contribution in [0.25, 0.3) is 0 Å². The normalized spacial score (nSPS) is 11.5. The molecule has 0 nitrogen and oxygen atoms in total. The second kappa shape index (κ2) is 5.03. The van der Waals surface area contributed by atoms with Crippen molar-refractivity contribution in [2.45, 2.75) is 52.3 Å². The van der Waals surface area contributed by atoms with Gasteiger partial charge in [-0.1, -0.05) is 39.8 Å². The molecule has 1 aromatic rings. The van der Waals surface area contributed by atoms with E-state index in [1.807, 2.05) is 0 Å². The Morgan fingerprint density at radius 1 is 1.00 bits per heavy atom. The van der Waals surface area contributed by atoms with Crippen LogP contribution in [0.15, 0.2) is 12.1 Å². The Morgan fingerprint density at radius 2 is 1.53 bits per heavy atom. The van der Waals surface area contributed by atoms with Crippen molar-refractivity contribution in [1.82, 2.24) is 0 Å². The van der Waals surface area contributed by atoms with Gasteiger partial charge in [0, 0.05) is 5.88 Å². The summed E-state index contributed by atoms with van der Waals surface area (Å²) in [7, 11) is 0. The molecule has 0 aliphatic rings. The van der Waals surface area contributed by atoms with Crippen molar-refractivity contribution < 1.29 is 0 Å². The van der Waals surface area contributed by atoms with Crippen LogP contribution in [-0.4, -0.2) is 0 Å². The average molecular weight is 225 g/mol. The lowest BCUT2D eigenvalue weighted by Crippen LogP contribution is -2.00. The van der Waals surface area contributed by atoms with Crippen LogP contribution < -0.4 is 0 Å². The van der Waals surface area contributed by atoms with Gasteiger partial charge in [-0.05, 0) is 41.0 Å². The molecule has 0 aromatic heterocycles. The van der Waals surface area contributed by atoms with Crippen LogP contribution in [0.5, 0.6) is 0 Å². The van der Waals surface area contributed by atoms with Gasteiger partial charge in [-0.25, -0.2) is 0 Å². The molecule has 0 amide bonds. The Bertz CT molecular complexity index is 337. The molecular weight excluding hydrogens is 204 g/mol. The first-order valence-electron chi connectivity index (χ1n) is 5.66. The van der Waals surface area contributed by atoms with Gasteiger partial charge in [0.1, 0.15) is 0 Å². The van der Waals surface area contributed by atoms with Gasteiger partial charge >= 0.3 is 0 Å². The maximum Gasteiger partial charge on any atom is 0.0476 e. The van der Waals surface area contributed by atoms with E-state index in [0.717, 1.165) is 0 Å². The highest BCUT2D eigenvalue weighted by molar-refractivity contribution is 6.17. The first-order chi connectivity index (χ1) is 6.97. The topological polar surface area (TPSA) is 0 Å². The minimum Gasteiger partial charge on any atom is -0.122 e. The largest absolute Gasteiger partial charge is 0.122 e. The molecule has 0 aliphatic heterocycles. The molecule has 0 saturated heterocycles. The van der Waals surface area contributed by atoms with E-state index >= 15 is 0 Å². The molecule has 0 saturated carbocycles. The van der Waals surface area contributed by atoms with Crippen molar-refractivity contribution in [2.75, 3.05) is 0 Å². The number of aryl methyl sites for hydroxylation is 1. The lowest BCUT2D eigenvalue weighted by Gasteiger charge is -2.17. The first-order valence-corrected chi connectivity index (χ1v) is 6.20. The van der Waals surface area contributed by atoms with Gasteiger partial charge in [0.05, 0.1) is 0 Å². The van der Waals surface area contributed by atoms with Gasteiger partial charge in [0.25, 0.3) is 0 Å². The number of hydrogen-bond donors (Lipinski definition) is 0. The van der Waals surface area contributed by atoms with E-state index in [-0.39, 0.29) is 0 Å². The zero-order valence-electron chi connectivity index (χ0n) is 10.4. The number of hydrogen-bond acceptors (Lipinski definition) is 0. The maximum atomic E-state index is 5.98. The zero-order chi connectivity index (χ0) is 11.6. The molecule has 0 bridgehead atoms. The standard InChI is InChI=1S/C14H21Cl/c1-9(2)13-7-14(10(3)4)12(8-15)6-11(13)5/h6-7,9-10H,8H2,1-5H3. The minimum atomic E-state index is 0.553. The molecule has 0 unspecified atom stereocenters. The van der Waals surface area contributed by atoms with E-state index in [1.165, 1.54) is 22.3 Å². The van der Waals surface area contributed by atoms with Crippen LogP contribution in [-0.2, 0) is 5.88 Å². The van der Waals surface area contributed by atoms with E-state index in [9.17, 15) is 0 Å². The maximum absolute atomic E-state index is 5.98. The zero-order valence-corrected chi connectivity index (χ0v) is 11.2. The molecule has 0 N–H and O–H groups in total. The van der Waals surface area contributed by atoms with E-state index < -0.39 is 0 Å². The predicted molar refractivity (Wildman–Crippen MR) is 68.9 cm³/mol. The van der Waals surface area contributed by atoms with Crippen molar-refractivity contribution in [3.8, 4) is 0 Å². The summed E-state index contributed by atoms with van der Waals surface area (Å²) in [6, 6.07) is 4.58. The van der Waals surface area contributed by atoms with Crippen LogP contribution in [0.3, 0.4) is 0 Å². The molecule has 0 atom stereocenters. The summed E-state index contributed by atoms with van der Waals surface area (Å²) in [6.07, 6.45) is 0.